The van der Waals surface area contributed by atoms with Crippen LogP contribution in [-0.4, -0.2) is 35.7 Å². The number of hydrogen-bond donors (Lipinski definition) is 0. The summed E-state index contributed by atoms with van der Waals surface area (Å²) in [6, 6.07) is 7.67. The molecule has 6 heteroatoms. The maximum Gasteiger partial charge on any atom is 0.320 e. The SMILES string of the molecule is COC(=O)C(CCn1cnc2ccccc21)C(=O)OC. The minimum atomic E-state index is -0.911. The molecule has 2 aromatic rings. The molecule has 0 fully saturated rings. The van der Waals surface area contributed by atoms with Gasteiger partial charge in [0.2, 0.25) is 0 Å². The van der Waals surface area contributed by atoms with E-state index in [1.165, 1.54) is 14.2 Å². The first kappa shape index (κ1) is 14.0. The quantitative estimate of drug-likeness (QED) is 0.609. The van der Waals surface area contributed by atoms with Crippen LogP contribution in [0.3, 0.4) is 0 Å². The van der Waals surface area contributed by atoms with Gasteiger partial charge < -0.3 is 14.0 Å². The van der Waals surface area contributed by atoms with E-state index in [-0.39, 0.29) is 0 Å². The molecule has 0 aliphatic rings. The molecule has 2 rings (SSSR count). The molecule has 1 aromatic carbocycles. The lowest BCUT2D eigenvalue weighted by atomic mass is 10.1. The molecule has 0 N–H and O–H groups in total. The molecule has 0 bridgehead atoms. The summed E-state index contributed by atoms with van der Waals surface area (Å²) in [6.07, 6.45) is 2.00. The highest BCUT2D eigenvalue weighted by Gasteiger charge is 2.28. The van der Waals surface area contributed by atoms with Crippen molar-refractivity contribution in [2.45, 2.75) is 13.0 Å². The molecule has 0 radical (unpaired) electrons. The van der Waals surface area contributed by atoms with E-state index in [1.54, 1.807) is 6.33 Å². The van der Waals surface area contributed by atoms with Crippen LogP contribution in [0, 0.1) is 5.92 Å². The minimum Gasteiger partial charge on any atom is -0.468 e. The highest BCUT2D eigenvalue weighted by atomic mass is 16.5. The number of benzene rings is 1. The van der Waals surface area contributed by atoms with Gasteiger partial charge in [0, 0.05) is 6.54 Å². The fraction of sp³-hybridized carbons (Fsp3) is 0.357. The molecule has 6 nitrogen and oxygen atoms in total. The zero-order valence-corrected chi connectivity index (χ0v) is 11.4. The number of esters is 2. The third kappa shape index (κ3) is 2.79. The Kier molecular flexibility index (Phi) is 4.34. The Morgan fingerprint density at radius 2 is 1.85 bits per heavy atom. The predicted molar refractivity (Wildman–Crippen MR) is 71.9 cm³/mol. The zero-order valence-electron chi connectivity index (χ0n) is 11.4. The van der Waals surface area contributed by atoms with Crippen molar-refractivity contribution in [3.8, 4) is 0 Å². The molecule has 0 unspecified atom stereocenters. The summed E-state index contributed by atoms with van der Waals surface area (Å²) < 4.78 is 11.2. The maximum absolute atomic E-state index is 11.6. The number of carbonyl (C=O) groups is 2. The smallest absolute Gasteiger partial charge is 0.320 e. The van der Waals surface area contributed by atoms with E-state index < -0.39 is 17.9 Å². The predicted octanol–water partition coefficient (Wildman–Crippen LogP) is 1.39. The van der Waals surface area contributed by atoms with Gasteiger partial charge in [-0.05, 0) is 18.6 Å². The van der Waals surface area contributed by atoms with Crippen LogP contribution in [-0.2, 0) is 25.6 Å². The Morgan fingerprint density at radius 3 is 2.50 bits per heavy atom. The Hall–Kier alpha value is -2.37. The normalized spacial score (nSPS) is 10.8. The van der Waals surface area contributed by atoms with Gasteiger partial charge in [-0.2, -0.15) is 0 Å². The summed E-state index contributed by atoms with van der Waals surface area (Å²) in [7, 11) is 2.51. The summed E-state index contributed by atoms with van der Waals surface area (Å²) in [5.74, 6) is -2.08. The van der Waals surface area contributed by atoms with Gasteiger partial charge in [-0.15, -0.1) is 0 Å². The lowest BCUT2D eigenvalue weighted by Gasteiger charge is -2.12. The number of ether oxygens (including phenoxy) is 2. The number of hydrogen-bond acceptors (Lipinski definition) is 5. The molecule has 106 valence electrons. The average Bonchev–Trinajstić information content (AvgIpc) is 2.90. The molecular weight excluding hydrogens is 260 g/mol. The Balaban J connectivity index is 2.13. The van der Waals surface area contributed by atoms with Gasteiger partial charge in [-0.1, -0.05) is 12.1 Å². The van der Waals surface area contributed by atoms with Crippen molar-refractivity contribution in [2.24, 2.45) is 5.92 Å². The summed E-state index contributed by atoms with van der Waals surface area (Å²) in [6.45, 7) is 0.482. The number of nitrogens with zero attached hydrogens (tertiary/aromatic N) is 2. The molecule has 0 spiro atoms. The monoisotopic (exact) mass is 276 g/mol. The second-order valence-corrected chi connectivity index (χ2v) is 4.31. The van der Waals surface area contributed by atoms with Crippen molar-refractivity contribution in [3.63, 3.8) is 0 Å². The lowest BCUT2D eigenvalue weighted by Crippen LogP contribution is -2.27. The van der Waals surface area contributed by atoms with E-state index in [0.29, 0.717) is 13.0 Å². The number of aromatic nitrogens is 2. The number of carbonyl (C=O) groups excluding carboxylic acids is 2. The van der Waals surface area contributed by atoms with Gasteiger partial charge in [0.15, 0.2) is 5.92 Å². The molecular formula is C14H16N2O4. The van der Waals surface area contributed by atoms with Crippen molar-refractivity contribution in [2.75, 3.05) is 14.2 Å². The lowest BCUT2D eigenvalue weighted by molar-refractivity contribution is -0.159. The fourth-order valence-corrected chi connectivity index (χ4v) is 2.07. The Morgan fingerprint density at radius 1 is 1.20 bits per heavy atom. The van der Waals surface area contributed by atoms with Crippen molar-refractivity contribution < 1.29 is 19.1 Å². The third-order valence-electron chi connectivity index (χ3n) is 3.16. The zero-order chi connectivity index (χ0) is 14.5. The van der Waals surface area contributed by atoms with E-state index in [9.17, 15) is 9.59 Å². The van der Waals surface area contributed by atoms with E-state index in [0.717, 1.165) is 11.0 Å². The molecule has 0 saturated heterocycles. The molecule has 1 heterocycles. The molecule has 1 aromatic heterocycles. The third-order valence-corrected chi connectivity index (χ3v) is 3.16. The van der Waals surface area contributed by atoms with Crippen molar-refractivity contribution >= 4 is 23.0 Å². The van der Waals surface area contributed by atoms with Crippen LogP contribution in [0.25, 0.3) is 11.0 Å². The molecule has 0 aliphatic carbocycles. The first-order valence-electron chi connectivity index (χ1n) is 6.23. The molecule has 20 heavy (non-hydrogen) atoms. The number of imidazole rings is 1. The van der Waals surface area contributed by atoms with E-state index in [4.69, 9.17) is 0 Å². The number of fused-ring (bicyclic) bond motifs is 1. The van der Waals surface area contributed by atoms with Gasteiger partial charge in [0.1, 0.15) is 0 Å². The van der Waals surface area contributed by atoms with Crippen LogP contribution in [0.15, 0.2) is 30.6 Å². The van der Waals surface area contributed by atoms with Gasteiger partial charge in [-0.3, -0.25) is 9.59 Å². The summed E-state index contributed by atoms with van der Waals surface area (Å²) in [4.78, 5) is 27.4. The number of aryl methyl sites for hydroxylation is 1. The van der Waals surface area contributed by atoms with Crippen LogP contribution in [0.1, 0.15) is 6.42 Å². The molecule has 0 atom stereocenters. The average molecular weight is 276 g/mol. The maximum atomic E-state index is 11.6. The second kappa shape index (κ2) is 6.18. The fourth-order valence-electron chi connectivity index (χ4n) is 2.07. The van der Waals surface area contributed by atoms with Crippen LogP contribution in [0.5, 0.6) is 0 Å². The summed E-state index contributed by atoms with van der Waals surface area (Å²) in [5.41, 5.74) is 1.83. The van der Waals surface area contributed by atoms with Crippen molar-refractivity contribution in [3.05, 3.63) is 30.6 Å². The highest BCUT2D eigenvalue weighted by molar-refractivity contribution is 5.94. The number of para-hydroxylation sites is 2. The molecule has 0 amide bonds. The minimum absolute atomic E-state index is 0.305. The van der Waals surface area contributed by atoms with Crippen molar-refractivity contribution in [1.82, 2.24) is 9.55 Å². The Labute approximate surface area is 116 Å². The topological polar surface area (TPSA) is 70.4 Å². The van der Waals surface area contributed by atoms with Crippen LogP contribution < -0.4 is 0 Å². The van der Waals surface area contributed by atoms with E-state index >= 15 is 0 Å². The van der Waals surface area contributed by atoms with Crippen LogP contribution in [0.2, 0.25) is 0 Å². The summed E-state index contributed by atoms with van der Waals surface area (Å²) >= 11 is 0. The first-order chi connectivity index (χ1) is 9.67. The van der Waals surface area contributed by atoms with Gasteiger partial charge >= 0.3 is 11.9 Å². The number of rotatable bonds is 5. The van der Waals surface area contributed by atoms with Gasteiger partial charge in [0.25, 0.3) is 0 Å². The van der Waals surface area contributed by atoms with Gasteiger partial charge in [0.05, 0.1) is 31.6 Å². The summed E-state index contributed by atoms with van der Waals surface area (Å²) in [5, 5.41) is 0. The molecule has 0 saturated carbocycles. The van der Waals surface area contributed by atoms with Gasteiger partial charge in [-0.25, -0.2) is 4.98 Å². The largest absolute Gasteiger partial charge is 0.468 e. The van der Waals surface area contributed by atoms with E-state index in [1.807, 2.05) is 28.8 Å². The standard InChI is InChI=1S/C14H16N2O4/c1-19-13(17)10(14(18)20-2)7-8-16-9-15-11-5-3-4-6-12(11)16/h3-6,9-10H,7-8H2,1-2H3. The first-order valence-corrected chi connectivity index (χ1v) is 6.23. The number of methoxy groups -OCH3 is 2. The Bertz CT molecular complexity index is 604. The molecule has 0 aliphatic heterocycles. The highest BCUT2D eigenvalue weighted by Crippen LogP contribution is 2.15. The van der Waals surface area contributed by atoms with E-state index in [2.05, 4.69) is 14.5 Å². The second-order valence-electron chi connectivity index (χ2n) is 4.31. The van der Waals surface area contributed by atoms with Crippen LogP contribution in [0.4, 0.5) is 0 Å². The van der Waals surface area contributed by atoms with Crippen LogP contribution >= 0.6 is 0 Å². The van der Waals surface area contributed by atoms with Crippen molar-refractivity contribution in [1.29, 1.82) is 0 Å².